The summed E-state index contributed by atoms with van der Waals surface area (Å²) >= 11 is 0. The predicted molar refractivity (Wildman–Crippen MR) is 137 cm³/mol. The summed E-state index contributed by atoms with van der Waals surface area (Å²) in [4.78, 5) is 24.1. The summed E-state index contributed by atoms with van der Waals surface area (Å²) in [6, 6.07) is 10.7. The van der Waals surface area contributed by atoms with E-state index in [1.165, 1.54) is 18.2 Å². The second-order valence-electron chi connectivity index (χ2n) is 10.3. The Bertz CT molecular complexity index is 1280. The van der Waals surface area contributed by atoms with Crippen molar-refractivity contribution in [2.75, 3.05) is 19.8 Å². The second kappa shape index (κ2) is 12.1. The van der Waals surface area contributed by atoms with Crippen molar-refractivity contribution in [2.45, 2.75) is 68.1 Å². The van der Waals surface area contributed by atoms with Crippen molar-refractivity contribution >= 4 is 11.8 Å². The Morgan fingerprint density at radius 1 is 1.05 bits per heavy atom. The standard InChI is InChI=1S/C28H32O14/c1-13(31)42-28(11-30)12-37-27(25(28)36)41-24-23(35)22(34)21(10-29)40-26(24)38-16-5-2-14(3-6-16)19-9-18(33)17-7-4-15(32)8-20(17)39-19/h2-8,19,21-27,29-30,32,34-36H,9-12H2,1H3/t19-,21-,22-,23+,24-,25-,26-,27+,28-/m1/s1. The number of ether oxygens (including phenoxy) is 6. The SMILES string of the molecule is CC(=O)O[C@]1(CO)CO[C@@H](O[C@H]2[C@H](Oc3ccc([C@H]4CC(=O)c5ccc(O)cc5O4)cc3)O[C@H](CO)[C@@H](O)[C@@H]2O)[C@H]1O. The van der Waals surface area contributed by atoms with Gasteiger partial charge in [0, 0.05) is 13.0 Å². The molecule has 9 atom stereocenters. The minimum absolute atomic E-state index is 0.0346. The molecule has 0 amide bonds. The van der Waals surface area contributed by atoms with Crippen LogP contribution in [0.2, 0.25) is 0 Å². The van der Waals surface area contributed by atoms with Gasteiger partial charge in [-0.3, -0.25) is 9.59 Å². The Balaban J connectivity index is 1.31. The smallest absolute Gasteiger partial charge is 0.303 e. The van der Waals surface area contributed by atoms with Crippen molar-refractivity contribution in [2.24, 2.45) is 0 Å². The van der Waals surface area contributed by atoms with E-state index in [1.807, 2.05) is 0 Å². The zero-order valence-electron chi connectivity index (χ0n) is 22.4. The van der Waals surface area contributed by atoms with Gasteiger partial charge >= 0.3 is 5.97 Å². The number of carbonyl (C=O) groups excluding carboxylic acids is 2. The molecular formula is C28H32O14. The summed E-state index contributed by atoms with van der Waals surface area (Å²) < 4.78 is 33.7. The van der Waals surface area contributed by atoms with Crippen molar-refractivity contribution < 1.29 is 68.6 Å². The highest BCUT2D eigenvalue weighted by Gasteiger charge is 2.56. The lowest BCUT2D eigenvalue weighted by atomic mass is 9.96. The molecule has 0 bridgehead atoms. The lowest BCUT2D eigenvalue weighted by Gasteiger charge is -2.42. The first-order valence-corrected chi connectivity index (χ1v) is 13.2. The summed E-state index contributed by atoms with van der Waals surface area (Å²) in [6.45, 7) is -0.749. The lowest BCUT2D eigenvalue weighted by Crippen LogP contribution is -2.62. The fourth-order valence-corrected chi connectivity index (χ4v) is 5.15. The Morgan fingerprint density at radius 3 is 2.45 bits per heavy atom. The molecule has 3 heterocycles. The largest absolute Gasteiger partial charge is 0.508 e. The number of aliphatic hydroxyl groups excluding tert-OH is 5. The van der Waals surface area contributed by atoms with Gasteiger partial charge in [-0.15, -0.1) is 0 Å². The van der Waals surface area contributed by atoms with Gasteiger partial charge in [0.1, 0.15) is 47.8 Å². The molecule has 3 aliphatic rings. The molecule has 2 saturated heterocycles. The van der Waals surface area contributed by atoms with Gasteiger partial charge in [0.05, 0.1) is 31.8 Å². The van der Waals surface area contributed by atoms with E-state index in [4.69, 9.17) is 28.4 Å². The van der Waals surface area contributed by atoms with E-state index >= 15 is 0 Å². The van der Waals surface area contributed by atoms with Crippen LogP contribution in [-0.4, -0.2) is 111 Å². The lowest BCUT2D eigenvalue weighted by molar-refractivity contribution is -0.319. The number of phenols is 1. The molecule has 0 unspecified atom stereocenters. The number of ketones is 1. The van der Waals surface area contributed by atoms with Crippen molar-refractivity contribution in [3.63, 3.8) is 0 Å². The van der Waals surface area contributed by atoms with Gasteiger partial charge in [-0.05, 0) is 29.8 Å². The summed E-state index contributed by atoms with van der Waals surface area (Å²) in [5, 5.41) is 61.2. The van der Waals surface area contributed by atoms with Crippen LogP contribution in [0.5, 0.6) is 17.2 Å². The average molecular weight is 593 g/mol. The fraction of sp³-hybridized carbons (Fsp3) is 0.500. The van der Waals surface area contributed by atoms with Gasteiger partial charge < -0.3 is 59.1 Å². The molecule has 3 aliphatic heterocycles. The highest BCUT2D eigenvalue weighted by atomic mass is 16.8. The molecule has 6 N–H and O–H groups in total. The summed E-state index contributed by atoms with van der Waals surface area (Å²) in [7, 11) is 0. The quantitative estimate of drug-likeness (QED) is 0.210. The number of rotatable bonds is 8. The third kappa shape index (κ3) is 5.80. The number of phenolic OH excluding ortho intramolecular Hbond substituents is 1. The molecule has 42 heavy (non-hydrogen) atoms. The maximum Gasteiger partial charge on any atom is 0.303 e. The molecule has 228 valence electrons. The highest BCUT2D eigenvalue weighted by Crippen LogP contribution is 2.38. The van der Waals surface area contributed by atoms with Crippen molar-refractivity contribution in [3.8, 4) is 17.2 Å². The van der Waals surface area contributed by atoms with E-state index in [2.05, 4.69) is 0 Å². The van der Waals surface area contributed by atoms with Gasteiger partial charge in [-0.25, -0.2) is 0 Å². The van der Waals surface area contributed by atoms with Crippen LogP contribution in [0.1, 0.15) is 35.4 Å². The van der Waals surface area contributed by atoms with Crippen LogP contribution in [0.25, 0.3) is 0 Å². The third-order valence-corrected chi connectivity index (χ3v) is 7.43. The number of hydrogen-bond donors (Lipinski definition) is 6. The van der Waals surface area contributed by atoms with E-state index in [1.54, 1.807) is 24.3 Å². The van der Waals surface area contributed by atoms with Crippen molar-refractivity contribution in [1.82, 2.24) is 0 Å². The predicted octanol–water partition coefficient (Wildman–Crippen LogP) is -0.687. The van der Waals surface area contributed by atoms with E-state index in [-0.39, 0.29) is 29.5 Å². The first-order chi connectivity index (χ1) is 20.0. The van der Waals surface area contributed by atoms with Crippen LogP contribution < -0.4 is 9.47 Å². The van der Waals surface area contributed by atoms with Gasteiger partial charge in [0.2, 0.25) is 6.29 Å². The van der Waals surface area contributed by atoms with Crippen LogP contribution >= 0.6 is 0 Å². The number of aliphatic hydroxyl groups is 5. The minimum Gasteiger partial charge on any atom is -0.508 e. The highest BCUT2D eigenvalue weighted by molar-refractivity contribution is 6.00. The normalized spacial score (nSPS) is 34.4. The molecule has 14 heteroatoms. The molecule has 2 aromatic carbocycles. The molecular weight excluding hydrogens is 560 g/mol. The summed E-state index contributed by atoms with van der Waals surface area (Å²) in [5.41, 5.74) is -0.791. The second-order valence-corrected chi connectivity index (χ2v) is 10.3. The maximum atomic E-state index is 12.6. The Labute approximate surface area is 239 Å². The van der Waals surface area contributed by atoms with Crippen LogP contribution in [0.15, 0.2) is 42.5 Å². The first kappa shape index (κ1) is 30.1. The Hall–Kier alpha value is -3.34. The number of hydrogen-bond acceptors (Lipinski definition) is 14. The van der Waals surface area contributed by atoms with E-state index in [9.17, 15) is 40.2 Å². The van der Waals surface area contributed by atoms with E-state index in [0.29, 0.717) is 11.1 Å². The third-order valence-electron chi connectivity index (χ3n) is 7.43. The van der Waals surface area contributed by atoms with Gasteiger partial charge in [-0.2, -0.15) is 0 Å². The first-order valence-electron chi connectivity index (χ1n) is 13.2. The summed E-state index contributed by atoms with van der Waals surface area (Å²) in [6.07, 6.45) is -11.1. The van der Waals surface area contributed by atoms with Gasteiger partial charge in [0.25, 0.3) is 0 Å². The average Bonchev–Trinajstić information content (AvgIpc) is 3.26. The Kier molecular flexibility index (Phi) is 8.68. The van der Waals surface area contributed by atoms with Crippen molar-refractivity contribution in [3.05, 3.63) is 53.6 Å². The maximum absolute atomic E-state index is 12.6. The fourth-order valence-electron chi connectivity index (χ4n) is 5.15. The minimum atomic E-state index is -1.81. The summed E-state index contributed by atoms with van der Waals surface area (Å²) in [5.74, 6) is -0.465. The molecule has 5 rings (SSSR count). The molecule has 0 spiro atoms. The number of Topliss-reactive ketones (excluding diaryl/α,β-unsaturated/α-hetero) is 1. The van der Waals surface area contributed by atoms with Crippen LogP contribution in [0.3, 0.4) is 0 Å². The molecule has 0 saturated carbocycles. The molecule has 0 aromatic heterocycles. The van der Waals surface area contributed by atoms with E-state index in [0.717, 1.165) is 6.92 Å². The molecule has 0 radical (unpaired) electrons. The van der Waals surface area contributed by atoms with Crippen LogP contribution in [0.4, 0.5) is 0 Å². The zero-order valence-corrected chi connectivity index (χ0v) is 22.4. The number of fused-ring (bicyclic) bond motifs is 1. The van der Waals surface area contributed by atoms with Crippen molar-refractivity contribution in [1.29, 1.82) is 0 Å². The molecule has 0 aliphatic carbocycles. The zero-order chi connectivity index (χ0) is 30.2. The van der Waals surface area contributed by atoms with Crippen LogP contribution in [0, 0.1) is 0 Å². The number of aromatic hydroxyl groups is 1. The van der Waals surface area contributed by atoms with Gasteiger partial charge in [0.15, 0.2) is 23.8 Å². The topological polar surface area (TPSA) is 211 Å². The van der Waals surface area contributed by atoms with Crippen LogP contribution in [-0.2, 0) is 23.7 Å². The monoisotopic (exact) mass is 592 g/mol. The van der Waals surface area contributed by atoms with Gasteiger partial charge in [-0.1, -0.05) is 12.1 Å². The number of carbonyl (C=O) groups is 2. The number of benzene rings is 2. The van der Waals surface area contributed by atoms with E-state index < -0.39 is 80.6 Å². The molecule has 2 aromatic rings. The molecule has 14 nitrogen and oxygen atoms in total. The molecule has 2 fully saturated rings. The number of esters is 1. The Morgan fingerprint density at radius 2 is 1.79 bits per heavy atom.